The number of carbonyl (C=O) groups is 1. The van der Waals surface area contributed by atoms with Crippen LogP contribution in [0.1, 0.15) is 18.1 Å². The van der Waals surface area contributed by atoms with E-state index in [2.05, 4.69) is 0 Å². The highest BCUT2D eigenvalue weighted by Crippen LogP contribution is 2.35. The van der Waals surface area contributed by atoms with E-state index in [1.165, 1.54) is 0 Å². The Morgan fingerprint density at radius 1 is 1.19 bits per heavy atom. The Hall–Kier alpha value is -2.79. The fourth-order valence-corrected chi connectivity index (χ4v) is 3.12. The van der Waals surface area contributed by atoms with Crippen LogP contribution in [-0.2, 0) is 23.0 Å². The number of hydrogen-bond donors (Lipinski definition) is 1. The summed E-state index contributed by atoms with van der Waals surface area (Å²) in [6, 6.07) is 15.1. The van der Waals surface area contributed by atoms with Gasteiger partial charge in [0.1, 0.15) is 11.8 Å². The molecule has 0 spiro atoms. The Morgan fingerprint density at radius 2 is 1.96 bits per heavy atom. The Labute approximate surface area is 153 Å². The summed E-state index contributed by atoms with van der Waals surface area (Å²) in [5, 5.41) is 1.03. The van der Waals surface area contributed by atoms with Crippen molar-refractivity contribution >= 4 is 16.9 Å². The third-order valence-electron chi connectivity index (χ3n) is 4.37. The summed E-state index contributed by atoms with van der Waals surface area (Å²) in [6.07, 6.45) is 0.349. The molecule has 0 aliphatic carbocycles. The highest BCUT2D eigenvalue weighted by Gasteiger charge is 2.23. The van der Waals surface area contributed by atoms with E-state index in [0.29, 0.717) is 18.9 Å². The van der Waals surface area contributed by atoms with Crippen molar-refractivity contribution < 1.29 is 14.3 Å². The van der Waals surface area contributed by atoms with Gasteiger partial charge in [-0.05, 0) is 37.6 Å². The van der Waals surface area contributed by atoms with Crippen molar-refractivity contribution in [3.05, 3.63) is 59.7 Å². The lowest BCUT2D eigenvalue weighted by molar-refractivity contribution is -0.144. The van der Waals surface area contributed by atoms with Crippen molar-refractivity contribution in [2.45, 2.75) is 26.3 Å². The molecule has 5 nitrogen and oxygen atoms in total. The summed E-state index contributed by atoms with van der Waals surface area (Å²) < 4.78 is 13.3. The normalized spacial score (nSPS) is 12.2. The van der Waals surface area contributed by atoms with Crippen molar-refractivity contribution in [3.63, 3.8) is 0 Å². The molecule has 0 aliphatic heterocycles. The third kappa shape index (κ3) is 3.58. The molecule has 3 aromatic rings. The van der Waals surface area contributed by atoms with E-state index < -0.39 is 12.0 Å². The van der Waals surface area contributed by atoms with E-state index >= 15 is 0 Å². The van der Waals surface area contributed by atoms with Gasteiger partial charge in [-0.3, -0.25) is 4.79 Å². The molecule has 0 bridgehead atoms. The Morgan fingerprint density at radius 3 is 2.69 bits per heavy atom. The number of ether oxygens (including phenoxy) is 2. The lowest BCUT2D eigenvalue weighted by Crippen LogP contribution is -2.34. The molecule has 5 heteroatoms. The molecule has 1 heterocycles. The molecule has 26 heavy (non-hydrogen) atoms. The fourth-order valence-electron chi connectivity index (χ4n) is 3.12. The first-order valence-corrected chi connectivity index (χ1v) is 8.74. The van der Waals surface area contributed by atoms with Crippen LogP contribution in [0.15, 0.2) is 48.5 Å². The van der Waals surface area contributed by atoms with Gasteiger partial charge in [-0.15, -0.1) is 0 Å². The number of nitrogens with two attached hydrogens (primary N) is 1. The molecular weight excluding hydrogens is 328 g/mol. The molecule has 1 aromatic heterocycles. The minimum atomic E-state index is -0.736. The maximum absolute atomic E-state index is 12.0. The van der Waals surface area contributed by atoms with Crippen molar-refractivity contribution in [3.8, 4) is 11.6 Å². The largest absolute Gasteiger partial charge is 0.465 e. The van der Waals surface area contributed by atoms with E-state index in [9.17, 15) is 4.79 Å². The van der Waals surface area contributed by atoms with Crippen LogP contribution in [0.25, 0.3) is 10.9 Å². The molecule has 3 rings (SSSR count). The third-order valence-corrected chi connectivity index (χ3v) is 4.37. The van der Waals surface area contributed by atoms with Crippen molar-refractivity contribution in [2.24, 2.45) is 12.8 Å². The second-order valence-corrected chi connectivity index (χ2v) is 6.34. The van der Waals surface area contributed by atoms with Gasteiger partial charge in [0.15, 0.2) is 0 Å². The zero-order valence-corrected chi connectivity index (χ0v) is 15.4. The molecule has 0 saturated carbocycles. The van der Waals surface area contributed by atoms with Crippen LogP contribution in [0.4, 0.5) is 0 Å². The number of esters is 1. The second kappa shape index (κ2) is 7.62. The monoisotopic (exact) mass is 352 g/mol. The molecule has 0 fully saturated rings. The van der Waals surface area contributed by atoms with Crippen LogP contribution in [-0.4, -0.2) is 23.2 Å². The molecule has 0 amide bonds. The van der Waals surface area contributed by atoms with E-state index in [1.54, 1.807) is 6.92 Å². The van der Waals surface area contributed by atoms with Crippen LogP contribution in [0.3, 0.4) is 0 Å². The van der Waals surface area contributed by atoms with Gasteiger partial charge < -0.3 is 19.8 Å². The lowest BCUT2D eigenvalue weighted by atomic mass is 10.1. The van der Waals surface area contributed by atoms with E-state index in [-0.39, 0.29) is 0 Å². The summed E-state index contributed by atoms with van der Waals surface area (Å²) in [5.41, 5.74) is 9.14. The maximum atomic E-state index is 12.0. The minimum Gasteiger partial charge on any atom is -0.465 e. The zero-order chi connectivity index (χ0) is 18.7. The molecule has 0 aliphatic rings. The van der Waals surface area contributed by atoms with E-state index in [1.807, 2.05) is 67.1 Å². The highest BCUT2D eigenvalue weighted by atomic mass is 16.5. The van der Waals surface area contributed by atoms with Gasteiger partial charge in [0.05, 0.1) is 12.1 Å². The first-order chi connectivity index (χ1) is 12.5. The van der Waals surface area contributed by atoms with Crippen molar-refractivity contribution in [1.29, 1.82) is 0 Å². The van der Waals surface area contributed by atoms with E-state index in [0.717, 1.165) is 27.8 Å². The Balaban J connectivity index is 2.03. The van der Waals surface area contributed by atoms with Gasteiger partial charge in [0.2, 0.25) is 5.88 Å². The SMILES string of the molecule is CCOC(=O)C(N)Cc1c(Oc2cccc(C)c2)n(C)c2ccccc12. The van der Waals surface area contributed by atoms with Crippen LogP contribution in [0, 0.1) is 6.92 Å². The van der Waals surface area contributed by atoms with Gasteiger partial charge >= 0.3 is 5.97 Å². The lowest BCUT2D eigenvalue weighted by Gasteiger charge is -2.13. The molecule has 2 aromatic carbocycles. The number of fused-ring (bicyclic) bond motifs is 1. The standard InChI is InChI=1S/C21H24N2O3/c1-4-25-21(24)18(22)13-17-16-10-5-6-11-19(16)23(3)20(17)26-15-9-7-8-14(2)12-15/h5-12,18H,4,13,22H2,1-3H3. The highest BCUT2D eigenvalue weighted by molar-refractivity contribution is 5.88. The predicted molar refractivity (Wildman–Crippen MR) is 102 cm³/mol. The molecule has 1 atom stereocenters. The predicted octanol–water partition coefficient (Wildman–Crippen LogP) is 3.71. The summed E-state index contributed by atoms with van der Waals surface area (Å²) in [7, 11) is 1.95. The first kappa shape index (κ1) is 18.0. The molecular formula is C21H24N2O3. The number of nitrogens with zero attached hydrogens (tertiary/aromatic N) is 1. The fraction of sp³-hybridized carbons (Fsp3) is 0.286. The van der Waals surface area contributed by atoms with Gasteiger partial charge in [-0.2, -0.15) is 0 Å². The van der Waals surface area contributed by atoms with Crippen LogP contribution in [0.5, 0.6) is 11.6 Å². The van der Waals surface area contributed by atoms with Gasteiger partial charge in [-0.25, -0.2) is 0 Å². The Kier molecular flexibility index (Phi) is 5.28. The number of hydrogen-bond acceptors (Lipinski definition) is 4. The molecule has 1 unspecified atom stereocenters. The number of rotatable bonds is 6. The quantitative estimate of drug-likeness (QED) is 0.687. The van der Waals surface area contributed by atoms with Crippen LogP contribution < -0.4 is 10.5 Å². The Bertz CT molecular complexity index is 930. The first-order valence-electron chi connectivity index (χ1n) is 8.74. The van der Waals surface area contributed by atoms with Gasteiger partial charge in [0, 0.05) is 24.4 Å². The average molecular weight is 352 g/mol. The molecule has 2 N–H and O–H groups in total. The number of aromatic nitrogens is 1. The summed E-state index contributed by atoms with van der Waals surface area (Å²) in [4.78, 5) is 12.0. The maximum Gasteiger partial charge on any atom is 0.323 e. The van der Waals surface area contributed by atoms with Crippen LogP contribution >= 0.6 is 0 Å². The van der Waals surface area contributed by atoms with Gasteiger partial charge in [-0.1, -0.05) is 30.3 Å². The average Bonchev–Trinajstić information content (AvgIpc) is 2.88. The van der Waals surface area contributed by atoms with Crippen molar-refractivity contribution in [2.75, 3.05) is 6.61 Å². The van der Waals surface area contributed by atoms with E-state index in [4.69, 9.17) is 15.2 Å². The summed E-state index contributed by atoms with van der Waals surface area (Å²) in [5.74, 6) is 1.04. The molecule has 0 radical (unpaired) electrons. The number of carbonyl (C=O) groups excluding carboxylic acids is 1. The number of benzene rings is 2. The topological polar surface area (TPSA) is 66.5 Å². The molecule has 136 valence electrons. The molecule has 0 saturated heterocycles. The second-order valence-electron chi connectivity index (χ2n) is 6.34. The minimum absolute atomic E-state index is 0.314. The van der Waals surface area contributed by atoms with Crippen molar-refractivity contribution in [1.82, 2.24) is 4.57 Å². The smallest absolute Gasteiger partial charge is 0.323 e. The summed E-state index contributed by atoms with van der Waals surface area (Å²) in [6.45, 7) is 4.11. The summed E-state index contributed by atoms with van der Waals surface area (Å²) >= 11 is 0. The number of para-hydroxylation sites is 1. The van der Waals surface area contributed by atoms with Crippen LogP contribution in [0.2, 0.25) is 0 Å². The number of aryl methyl sites for hydroxylation is 2. The van der Waals surface area contributed by atoms with Gasteiger partial charge in [0.25, 0.3) is 0 Å². The zero-order valence-electron chi connectivity index (χ0n) is 15.4.